The van der Waals surface area contributed by atoms with Crippen molar-refractivity contribution in [2.24, 2.45) is 0 Å². The van der Waals surface area contributed by atoms with E-state index in [4.69, 9.17) is 28.4 Å². The van der Waals surface area contributed by atoms with Crippen molar-refractivity contribution in [1.82, 2.24) is 0 Å². The molecule has 236 valence electrons. The third kappa shape index (κ3) is 6.16. The van der Waals surface area contributed by atoms with E-state index < -0.39 is 74.1 Å². The fourth-order valence-electron chi connectivity index (χ4n) is 5.43. The molecular formula is C29H36O14. The summed E-state index contributed by atoms with van der Waals surface area (Å²) in [4.78, 5) is 13.1. The van der Waals surface area contributed by atoms with Crippen molar-refractivity contribution in [3.05, 3.63) is 47.0 Å². The predicted octanol–water partition coefficient (Wildman–Crippen LogP) is -0.554. The number of aliphatic hydroxyl groups is 6. The maximum Gasteiger partial charge on any atom is 0.229 e. The van der Waals surface area contributed by atoms with Gasteiger partial charge in [-0.3, -0.25) is 4.79 Å². The van der Waals surface area contributed by atoms with Gasteiger partial charge in [0.15, 0.2) is 23.6 Å². The second kappa shape index (κ2) is 12.5. The number of aryl methyl sites for hydroxylation is 1. The second-order valence-corrected chi connectivity index (χ2v) is 10.9. The van der Waals surface area contributed by atoms with Gasteiger partial charge >= 0.3 is 0 Å². The van der Waals surface area contributed by atoms with Crippen LogP contribution in [0.25, 0.3) is 0 Å². The molecule has 3 aliphatic heterocycles. The molecule has 11 atom stereocenters. The first kappa shape index (κ1) is 31.4. The molecule has 0 amide bonds. The molecule has 2 fully saturated rings. The number of ether oxygens (including phenoxy) is 6. The van der Waals surface area contributed by atoms with Crippen molar-refractivity contribution in [1.29, 1.82) is 0 Å². The highest BCUT2D eigenvalue weighted by Gasteiger charge is 2.47. The molecule has 43 heavy (non-hydrogen) atoms. The van der Waals surface area contributed by atoms with Gasteiger partial charge in [0.1, 0.15) is 60.3 Å². The van der Waals surface area contributed by atoms with E-state index in [0.717, 1.165) is 0 Å². The first-order chi connectivity index (χ1) is 20.4. The maximum atomic E-state index is 13.1. The van der Waals surface area contributed by atoms with E-state index in [-0.39, 0.29) is 35.2 Å². The number of aliphatic hydroxyl groups excluding tert-OH is 6. The fourth-order valence-corrected chi connectivity index (χ4v) is 5.43. The van der Waals surface area contributed by atoms with Crippen LogP contribution in [-0.2, 0) is 14.2 Å². The molecule has 14 nitrogen and oxygen atoms in total. The van der Waals surface area contributed by atoms with Crippen LogP contribution >= 0.6 is 0 Å². The molecule has 2 aromatic carbocycles. The normalized spacial score (nSPS) is 36.0. The maximum absolute atomic E-state index is 13.1. The Hall–Kier alpha value is -3.05. The SMILES string of the molecule is COc1ccc(C2CC(=O)c3c(C)cc(O[C@@H]4OC(CO[C@@H]5OC(C)[C@H](O)[C@H](O)C5O)[C@@H](O)[C@@H](O)C4O)cc3O2)cc1O. The van der Waals surface area contributed by atoms with E-state index in [1.807, 2.05) is 0 Å². The summed E-state index contributed by atoms with van der Waals surface area (Å²) >= 11 is 0. The highest BCUT2D eigenvalue weighted by Crippen LogP contribution is 2.41. The highest BCUT2D eigenvalue weighted by molar-refractivity contribution is 6.01. The van der Waals surface area contributed by atoms with Crippen LogP contribution < -0.4 is 14.2 Å². The van der Waals surface area contributed by atoms with Crippen LogP contribution in [0.15, 0.2) is 30.3 Å². The number of aromatic hydroxyl groups is 1. The van der Waals surface area contributed by atoms with Crippen LogP contribution in [0.1, 0.15) is 40.9 Å². The average Bonchev–Trinajstić information content (AvgIpc) is 2.97. The van der Waals surface area contributed by atoms with Crippen LogP contribution in [0, 0.1) is 6.92 Å². The molecule has 0 bridgehead atoms. The molecule has 5 rings (SSSR count). The Balaban J connectivity index is 1.30. The number of fused-ring (bicyclic) bond motifs is 1. The lowest BCUT2D eigenvalue weighted by molar-refractivity contribution is -0.318. The number of Topliss-reactive ketones (excluding diaryl/α,β-unsaturated/α-hetero) is 1. The predicted molar refractivity (Wildman–Crippen MR) is 144 cm³/mol. The minimum atomic E-state index is -1.71. The summed E-state index contributed by atoms with van der Waals surface area (Å²) in [5.74, 6) is 0.315. The molecule has 0 aromatic heterocycles. The van der Waals surface area contributed by atoms with E-state index in [9.17, 15) is 40.5 Å². The number of hydrogen-bond donors (Lipinski definition) is 7. The third-order valence-electron chi connectivity index (χ3n) is 7.92. The molecule has 0 spiro atoms. The number of rotatable bonds is 7. The van der Waals surface area contributed by atoms with E-state index >= 15 is 0 Å². The van der Waals surface area contributed by atoms with Gasteiger partial charge in [0.05, 0.1) is 31.8 Å². The Morgan fingerprint density at radius 1 is 0.884 bits per heavy atom. The third-order valence-corrected chi connectivity index (χ3v) is 7.92. The summed E-state index contributed by atoms with van der Waals surface area (Å²) in [6.45, 7) is 2.72. The highest BCUT2D eigenvalue weighted by atomic mass is 16.7. The number of benzene rings is 2. The zero-order valence-electron chi connectivity index (χ0n) is 23.6. The topological polar surface area (TPSA) is 214 Å². The van der Waals surface area contributed by atoms with Gasteiger partial charge < -0.3 is 64.2 Å². The molecule has 3 aliphatic rings. The smallest absolute Gasteiger partial charge is 0.229 e. The number of phenols is 1. The summed E-state index contributed by atoms with van der Waals surface area (Å²) in [6, 6.07) is 7.68. The Morgan fingerprint density at radius 3 is 2.28 bits per heavy atom. The minimum Gasteiger partial charge on any atom is -0.504 e. The van der Waals surface area contributed by atoms with Gasteiger partial charge in [-0.15, -0.1) is 0 Å². The molecule has 2 saturated heterocycles. The largest absolute Gasteiger partial charge is 0.504 e. The number of hydrogen-bond acceptors (Lipinski definition) is 14. The number of ketones is 1. The number of carbonyl (C=O) groups is 1. The van der Waals surface area contributed by atoms with Gasteiger partial charge in [-0.1, -0.05) is 6.07 Å². The fraction of sp³-hybridized carbons (Fsp3) is 0.552. The van der Waals surface area contributed by atoms with Crippen molar-refractivity contribution in [3.8, 4) is 23.0 Å². The molecule has 14 heteroatoms. The van der Waals surface area contributed by atoms with Gasteiger partial charge in [0, 0.05) is 6.07 Å². The van der Waals surface area contributed by atoms with E-state index in [1.165, 1.54) is 26.2 Å². The second-order valence-electron chi connectivity index (χ2n) is 10.9. The van der Waals surface area contributed by atoms with Gasteiger partial charge in [0.2, 0.25) is 6.29 Å². The van der Waals surface area contributed by atoms with E-state index in [0.29, 0.717) is 16.7 Å². The van der Waals surface area contributed by atoms with Gasteiger partial charge in [0.25, 0.3) is 0 Å². The number of phenolic OH excluding ortho intramolecular Hbond substituents is 1. The summed E-state index contributed by atoms with van der Waals surface area (Å²) < 4.78 is 33.6. The molecular weight excluding hydrogens is 572 g/mol. The van der Waals surface area contributed by atoms with Crippen molar-refractivity contribution in [3.63, 3.8) is 0 Å². The lowest BCUT2D eigenvalue weighted by Crippen LogP contribution is -2.61. The van der Waals surface area contributed by atoms with Crippen molar-refractivity contribution < 1.29 is 69.0 Å². The van der Waals surface area contributed by atoms with Crippen LogP contribution in [0.2, 0.25) is 0 Å². The monoisotopic (exact) mass is 608 g/mol. The number of methoxy groups -OCH3 is 1. The summed E-state index contributed by atoms with van der Waals surface area (Å²) in [5.41, 5.74) is 1.43. The summed E-state index contributed by atoms with van der Waals surface area (Å²) in [6.07, 6.45) is -15.1. The Labute approximate surface area is 246 Å². The van der Waals surface area contributed by atoms with Crippen molar-refractivity contribution >= 4 is 5.78 Å². The molecule has 0 saturated carbocycles. The number of carbonyl (C=O) groups excluding carboxylic acids is 1. The van der Waals surface area contributed by atoms with Gasteiger partial charge in [-0.25, -0.2) is 0 Å². The lowest BCUT2D eigenvalue weighted by atomic mass is 9.93. The van der Waals surface area contributed by atoms with Gasteiger partial charge in [-0.05, 0) is 43.2 Å². The van der Waals surface area contributed by atoms with Crippen LogP contribution in [0.3, 0.4) is 0 Å². The molecule has 0 aliphatic carbocycles. The van der Waals surface area contributed by atoms with E-state index in [2.05, 4.69) is 0 Å². The Morgan fingerprint density at radius 2 is 1.58 bits per heavy atom. The molecule has 5 unspecified atom stereocenters. The molecule has 7 N–H and O–H groups in total. The zero-order chi connectivity index (χ0) is 31.2. The molecule has 3 heterocycles. The standard InChI is InChI=1S/C29H36O14/c1-11-6-14(8-19-21(11)16(31)9-18(42-19)13-4-5-17(38-3)15(30)7-13)41-29-27(37)25(35)23(33)20(43-29)10-39-28-26(36)24(34)22(32)12(2)40-28/h4-8,12,18,20,22-30,32-37H,9-10H2,1-3H3/t12?,18?,20?,22-,23+,24-,25+,26?,27?,28+,29+/m0/s1. The van der Waals surface area contributed by atoms with Crippen LogP contribution in [0.5, 0.6) is 23.0 Å². The first-order valence-electron chi connectivity index (χ1n) is 13.8. The lowest BCUT2D eigenvalue weighted by Gasteiger charge is -2.42. The summed E-state index contributed by atoms with van der Waals surface area (Å²) in [5, 5.41) is 71.9. The summed E-state index contributed by atoms with van der Waals surface area (Å²) in [7, 11) is 1.42. The molecule has 0 radical (unpaired) electrons. The Kier molecular flexibility index (Phi) is 9.13. The molecule has 2 aromatic rings. The zero-order valence-corrected chi connectivity index (χ0v) is 23.6. The van der Waals surface area contributed by atoms with Crippen molar-refractivity contribution in [2.75, 3.05) is 13.7 Å². The van der Waals surface area contributed by atoms with Crippen molar-refractivity contribution in [2.45, 2.75) is 87.8 Å². The quantitative estimate of drug-likeness (QED) is 0.210. The minimum absolute atomic E-state index is 0.0319. The first-order valence-corrected chi connectivity index (χ1v) is 13.8. The van der Waals surface area contributed by atoms with Crippen LogP contribution in [-0.4, -0.2) is 117 Å². The Bertz CT molecular complexity index is 1320. The average molecular weight is 609 g/mol. The van der Waals surface area contributed by atoms with Crippen LogP contribution in [0.4, 0.5) is 0 Å². The van der Waals surface area contributed by atoms with E-state index in [1.54, 1.807) is 25.1 Å². The van der Waals surface area contributed by atoms with Gasteiger partial charge in [-0.2, -0.15) is 0 Å².